The number of hydrogen-bond donors (Lipinski definition) is 2. The SMILES string of the molecule is Cc1cc(-c2c(C(=O)N[C@H]3COc4ccc(C(F)(F)F)cc4C3)nc3n2CCOC3)n[nH]1. The minimum atomic E-state index is -4.45. The Morgan fingerprint density at radius 3 is 2.91 bits per heavy atom. The van der Waals surface area contributed by atoms with E-state index in [1.807, 2.05) is 17.6 Å². The molecular weight excluding hydrogens is 427 g/mol. The van der Waals surface area contributed by atoms with E-state index in [0.717, 1.165) is 17.8 Å². The summed E-state index contributed by atoms with van der Waals surface area (Å²) in [4.78, 5) is 17.6. The summed E-state index contributed by atoms with van der Waals surface area (Å²) in [5.41, 5.74) is 1.87. The molecule has 0 saturated carbocycles. The topological polar surface area (TPSA) is 94.1 Å². The Hall–Kier alpha value is -3.34. The molecule has 32 heavy (non-hydrogen) atoms. The maximum atomic E-state index is 13.2. The largest absolute Gasteiger partial charge is 0.491 e. The number of rotatable bonds is 3. The Balaban J connectivity index is 1.41. The molecule has 1 aromatic carbocycles. The van der Waals surface area contributed by atoms with Gasteiger partial charge in [0.15, 0.2) is 5.69 Å². The lowest BCUT2D eigenvalue weighted by Crippen LogP contribution is -2.43. The van der Waals surface area contributed by atoms with Crippen molar-refractivity contribution >= 4 is 5.91 Å². The summed E-state index contributed by atoms with van der Waals surface area (Å²) in [5, 5.41) is 10.0. The Morgan fingerprint density at radius 2 is 2.16 bits per heavy atom. The predicted molar refractivity (Wildman–Crippen MR) is 106 cm³/mol. The first kappa shape index (κ1) is 20.6. The third kappa shape index (κ3) is 3.72. The normalized spacial score (nSPS) is 17.9. The first-order valence-electron chi connectivity index (χ1n) is 10.1. The average Bonchev–Trinajstić information content (AvgIpc) is 3.35. The molecule has 168 valence electrons. The number of ether oxygens (including phenoxy) is 2. The number of amides is 1. The van der Waals surface area contributed by atoms with Gasteiger partial charge in [0.1, 0.15) is 36.2 Å². The molecule has 11 heteroatoms. The van der Waals surface area contributed by atoms with Gasteiger partial charge >= 0.3 is 6.18 Å². The first-order valence-corrected chi connectivity index (χ1v) is 10.1. The Bertz CT molecular complexity index is 1180. The highest BCUT2D eigenvalue weighted by Crippen LogP contribution is 2.34. The molecule has 0 unspecified atom stereocenters. The standard InChI is InChI=1S/C21H20F3N5O3/c1-11-6-15(28-27-11)19-18(26-17-10-31-5-4-29(17)19)20(30)25-14-8-12-7-13(21(22,23)24)2-3-16(12)32-9-14/h2-3,6-7,14H,4-5,8-10H2,1H3,(H,25,30)(H,27,28)/t14-/m1/s1. The molecule has 2 aromatic heterocycles. The van der Waals surface area contributed by atoms with Gasteiger partial charge in [0.25, 0.3) is 5.91 Å². The van der Waals surface area contributed by atoms with Crippen LogP contribution < -0.4 is 10.1 Å². The molecule has 2 aliphatic heterocycles. The maximum absolute atomic E-state index is 13.2. The van der Waals surface area contributed by atoms with Crippen LogP contribution in [0, 0.1) is 6.92 Å². The van der Waals surface area contributed by atoms with Gasteiger partial charge in [0.05, 0.1) is 18.2 Å². The lowest BCUT2D eigenvalue weighted by atomic mass is 10.00. The van der Waals surface area contributed by atoms with E-state index in [-0.39, 0.29) is 25.3 Å². The quantitative estimate of drug-likeness (QED) is 0.644. The fraction of sp³-hybridized carbons (Fsp3) is 0.381. The van der Waals surface area contributed by atoms with Gasteiger partial charge in [-0.1, -0.05) is 0 Å². The number of halogens is 3. The number of nitrogens with zero attached hydrogens (tertiary/aromatic N) is 3. The zero-order valence-corrected chi connectivity index (χ0v) is 17.1. The van der Waals surface area contributed by atoms with Crippen LogP contribution in [0.1, 0.15) is 33.1 Å². The molecule has 5 rings (SSSR count). The number of benzene rings is 1. The van der Waals surface area contributed by atoms with Crippen LogP contribution in [-0.2, 0) is 30.5 Å². The molecule has 0 spiro atoms. The fourth-order valence-corrected chi connectivity index (χ4v) is 4.04. The minimum Gasteiger partial charge on any atom is -0.491 e. The molecule has 0 bridgehead atoms. The molecule has 1 atom stereocenters. The number of imidazole rings is 1. The number of carbonyl (C=O) groups excluding carboxylic acids is 1. The van der Waals surface area contributed by atoms with Crippen molar-refractivity contribution < 1.29 is 27.4 Å². The van der Waals surface area contributed by atoms with Gasteiger partial charge in [0, 0.05) is 12.2 Å². The molecule has 4 heterocycles. The van der Waals surface area contributed by atoms with Gasteiger partial charge in [-0.05, 0) is 43.2 Å². The molecule has 0 aliphatic carbocycles. The molecular formula is C21H20F3N5O3. The molecule has 0 saturated heterocycles. The third-order valence-corrected chi connectivity index (χ3v) is 5.53. The zero-order valence-electron chi connectivity index (χ0n) is 17.1. The highest BCUT2D eigenvalue weighted by atomic mass is 19.4. The number of carbonyl (C=O) groups is 1. The van der Waals surface area contributed by atoms with Crippen molar-refractivity contribution in [2.75, 3.05) is 13.2 Å². The van der Waals surface area contributed by atoms with Crippen LogP contribution in [0.25, 0.3) is 11.4 Å². The van der Waals surface area contributed by atoms with Crippen molar-refractivity contribution in [3.05, 3.63) is 52.6 Å². The number of nitrogens with one attached hydrogen (secondary N) is 2. The van der Waals surface area contributed by atoms with Crippen LogP contribution in [0.4, 0.5) is 13.2 Å². The second-order valence-electron chi connectivity index (χ2n) is 7.87. The highest BCUT2D eigenvalue weighted by molar-refractivity contribution is 5.98. The molecule has 2 N–H and O–H groups in total. The van der Waals surface area contributed by atoms with E-state index in [1.165, 1.54) is 6.07 Å². The number of aryl methyl sites for hydroxylation is 1. The Kier molecular flexibility index (Phi) is 4.92. The van der Waals surface area contributed by atoms with E-state index in [9.17, 15) is 18.0 Å². The van der Waals surface area contributed by atoms with E-state index >= 15 is 0 Å². The van der Waals surface area contributed by atoms with Crippen LogP contribution >= 0.6 is 0 Å². The van der Waals surface area contributed by atoms with Crippen LogP contribution in [0.3, 0.4) is 0 Å². The van der Waals surface area contributed by atoms with Crippen LogP contribution in [-0.4, -0.2) is 44.9 Å². The van der Waals surface area contributed by atoms with Crippen molar-refractivity contribution in [2.24, 2.45) is 0 Å². The average molecular weight is 447 g/mol. The molecule has 8 nitrogen and oxygen atoms in total. The highest BCUT2D eigenvalue weighted by Gasteiger charge is 2.33. The van der Waals surface area contributed by atoms with E-state index in [0.29, 0.717) is 41.7 Å². The van der Waals surface area contributed by atoms with Crippen molar-refractivity contribution in [1.29, 1.82) is 0 Å². The van der Waals surface area contributed by atoms with Gasteiger partial charge in [-0.25, -0.2) is 4.98 Å². The molecule has 1 amide bonds. The fourth-order valence-electron chi connectivity index (χ4n) is 4.04. The third-order valence-electron chi connectivity index (χ3n) is 5.53. The van der Waals surface area contributed by atoms with Gasteiger partial charge in [0.2, 0.25) is 0 Å². The van der Waals surface area contributed by atoms with Crippen molar-refractivity contribution in [3.8, 4) is 17.1 Å². The smallest absolute Gasteiger partial charge is 0.416 e. The number of hydrogen-bond acceptors (Lipinski definition) is 5. The summed E-state index contributed by atoms with van der Waals surface area (Å²) in [6.07, 6.45) is -4.22. The Labute approximate surface area is 180 Å². The van der Waals surface area contributed by atoms with E-state index in [2.05, 4.69) is 20.5 Å². The summed E-state index contributed by atoms with van der Waals surface area (Å²) < 4.78 is 52.2. The van der Waals surface area contributed by atoms with Gasteiger partial charge < -0.3 is 19.4 Å². The van der Waals surface area contributed by atoms with Crippen molar-refractivity contribution in [2.45, 2.75) is 38.7 Å². The van der Waals surface area contributed by atoms with E-state index < -0.39 is 23.7 Å². The number of aromatic amines is 1. The van der Waals surface area contributed by atoms with Crippen molar-refractivity contribution in [3.63, 3.8) is 0 Å². The van der Waals surface area contributed by atoms with E-state index in [4.69, 9.17) is 9.47 Å². The summed E-state index contributed by atoms with van der Waals surface area (Å²) in [7, 11) is 0. The lowest BCUT2D eigenvalue weighted by Gasteiger charge is -2.26. The van der Waals surface area contributed by atoms with Crippen LogP contribution in [0.5, 0.6) is 5.75 Å². The first-order chi connectivity index (χ1) is 15.3. The van der Waals surface area contributed by atoms with Crippen LogP contribution in [0.15, 0.2) is 24.3 Å². The van der Waals surface area contributed by atoms with Gasteiger partial charge in [-0.2, -0.15) is 18.3 Å². The molecule has 0 radical (unpaired) electrons. The predicted octanol–water partition coefficient (Wildman–Crippen LogP) is 2.86. The van der Waals surface area contributed by atoms with E-state index in [1.54, 1.807) is 0 Å². The second kappa shape index (κ2) is 7.66. The second-order valence-corrected chi connectivity index (χ2v) is 7.87. The number of H-pyrrole nitrogens is 1. The summed E-state index contributed by atoms with van der Waals surface area (Å²) in [6.45, 7) is 3.33. The number of alkyl halides is 3. The Morgan fingerprint density at radius 1 is 1.31 bits per heavy atom. The van der Waals surface area contributed by atoms with Gasteiger partial charge in [-0.3, -0.25) is 9.89 Å². The lowest BCUT2D eigenvalue weighted by molar-refractivity contribution is -0.137. The summed E-state index contributed by atoms with van der Waals surface area (Å²) >= 11 is 0. The zero-order chi connectivity index (χ0) is 22.5. The van der Waals surface area contributed by atoms with Crippen LogP contribution in [0.2, 0.25) is 0 Å². The minimum absolute atomic E-state index is 0.150. The molecule has 2 aliphatic rings. The van der Waals surface area contributed by atoms with Crippen molar-refractivity contribution in [1.82, 2.24) is 25.1 Å². The summed E-state index contributed by atoms with van der Waals surface area (Å²) in [6, 6.07) is 4.71. The number of aromatic nitrogens is 4. The summed E-state index contributed by atoms with van der Waals surface area (Å²) in [5.74, 6) is 0.578. The van der Waals surface area contributed by atoms with Gasteiger partial charge in [-0.15, -0.1) is 0 Å². The maximum Gasteiger partial charge on any atom is 0.416 e. The monoisotopic (exact) mass is 447 g/mol. The molecule has 0 fully saturated rings. The number of fused-ring (bicyclic) bond motifs is 2. The molecule has 3 aromatic rings.